The Balaban J connectivity index is 2.27. The normalized spacial score (nSPS) is 13.3. The van der Waals surface area contributed by atoms with Gasteiger partial charge in [-0.3, -0.25) is 9.19 Å². The predicted molar refractivity (Wildman–Crippen MR) is 95.8 cm³/mol. The van der Waals surface area contributed by atoms with Gasteiger partial charge in [-0.2, -0.15) is 0 Å². The van der Waals surface area contributed by atoms with Crippen molar-refractivity contribution in [3.8, 4) is 22.9 Å². The molecule has 0 spiro atoms. The molecule has 2 atom stereocenters. The van der Waals surface area contributed by atoms with Crippen molar-refractivity contribution in [2.45, 2.75) is 19.6 Å². The SMILES string of the molecule is C#CCN(c1sc(-c2cccnc2)nc1C)C(O)CCS(C)=O. The van der Waals surface area contributed by atoms with Gasteiger partial charge in [0.05, 0.1) is 12.2 Å². The molecule has 0 aliphatic heterocycles. The lowest BCUT2D eigenvalue weighted by atomic mass is 10.3. The minimum atomic E-state index is -0.952. The second-order valence-electron chi connectivity index (χ2n) is 5.03. The van der Waals surface area contributed by atoms with Gasteiger partial charge in [-0.1, -0.05) is 17.3 Å². The van der Waals surface area contributed by atoms with Crippen LogP contribution < -0.4 is 4.90 Å². The van der Waals surface area contributed by atoms with Gasteiger partial charge in [0, 0.05) is 47.2 Å². The lowest BCUT2D eigenvalue weighted by Gasteiger charge is -2.26. The van der Waals surface area contributed by atoms with Crippen LogP contribution in [0, 0.1) is 19.3 Å². The molecule has 2 rings (SSSR count). The summed E-state index contributed by atoms with van der Waals surface area (Å²) in [7, 11) is -0.952. The molecule has 2 unspecified atom stereocenters. The number of anilines is 1. The number of thiazole rings is 1. The molecule has 2 aromatic heterocycles. The van der Waals surface area contributed by atoms with Crippen LogP contribution in [0.5, 0.6) is 0 Å². The maximum Gasteiger partial charge on any atom is 0.129 e. The van der Waals surface area contributed by atoms with Crippen molar-refractivity contribution in [1.82, 2.24) is 9.97 Å². The van der Waals surface area contributed by atoms with E-state index in [9.17, 15) is 9.32 Å². The van der Waals surface area contributed by atoms with E-state index in [1.165, 1.54) is 11.3 Å². The number of aromatic nitrogens is 2. The largest absolute Gasteiger partial charge is 0.374 e. The maximum absolute atomic E-state index is 11.2. The summed E-state index contributed by atoms with van der Waals surface area (Å²) in [5.74, 6) is 2.99. The number of nitrogens with zero attached hydrogens (tertiary/aromatic N) is 3. The number of aryl methyl sites for hydroxylation is 1. The molecule has 0 aromatic carbocycles. The Kier molecular flexibility index (Phi) is 6.28. The molecule has 5 nitrogen and oxygen atoms in total. The maximum atomic E-state index is 11.2. The Morgan fingerprint density at radius 1 is 1.57 bits per heavy atom. The van der Waals surface area contributed by atoms with Crippen LogP contribution >= 0.6 is 11.3 Å². The van der Waals surface area contributed by atoms with Crippen molar-refractivity contribution in [2.75, 3.05) is 23.5 Å². The second kappa shape index (κ2) is 8.20. The van der Waals surface area contributed by atoms with Crippen LogP contribution in [0.2, 0.25) is 0 Å². The minimum absolute atomic E-state index is 0.271. The summed E-state index contributed by atoms with van der Waals surface area (Å²) in [6.07, 6.45) is 10.1. The molecule has 0 radical (unpaired) electrons. The molecule has 0 amide bonds. The van der Waals surface area contributed by atoms with Crippen molar-refractivity contribution >= 4 is 27.1 Å². The highest BCUT2D eigenvalue weighted by molar-refractivity contribution is 7.84. The number of rotatable bonds is 7. The molecule has 0 saturated carbocycles. The average Bonchev–Trinajstić information content (AvgIpc) is 2.93. The molecule has 0 aliphatic carbocycles. The van der Waals surface area contributed by atoms with Gasteiger partial charge in [-0.05, 0) is 19.1 Å². The van der Waals surface area contributed by atoms with Gasteiger partial charge >= 0.3 is 0 Å². The fraction of sp³-hybridized carbons (Fsp3) is 0.375. The molecule has 7 heteroatoms. The summed E-state index contributed by atoms with van der Waals surface area (Å²) < 4.78 is 11.2. The highest BCUT2D eigenvalue weighted by atomic mass is 32.2. The summed E-state index contributed by atoms with van der Waals surface area (Å²) in [5.41, 5.74) is 1.73. The van der Waals surface area contributed by atoms with Crippen molar-refractivity contribution in [2.24, 2.45) is 0 Å². The number of pyridine rings is 1. The number of terminal acetylenes is 1. The third kappa shape index (κ3) is 4.61. The van der Waals surface area contributed by atoms with E-state index in [-0.39, 0.29) is 6.54 Å². The number of aliphatic hydroxyl groups is 1. The molecule has 0 fully saturated rings. The lowest BCUT2D eigenvalue weighted by Crippen LogP contribution is -2.36. The van der Waals surface area contributed by atoms with Crippen molar-refractivity contribution in [3.05, 3.63) is 30.2 Å². The Labute approximate surface area is 142 Å². The Morgan fingerprint density at radius 3 is 2.96 bits per heavy atom. The van der Waals surface area contributed by atoms with Crippen LogP contribution in [0.3, 0.4) is 0 Å². The number of aliphatic hydroxyl groups excluding tert-OH is 1. The lowest BCUT2D eigenvalue weighted by molar-refractivity contribution is 0.169. The smallest absolute Gasteiger partial charge is 0.129 e. The number of hydrogen-bond donors (Lipinski definition) is 1. The van der Waals surface area contributed by atoms with Crippen molar-refractivity contribution < 1.29 is 9.32 Å². The summed E-state index contributed by atoms with van der Waals surface area (Å²) in [6, 6.07) is 3.80. The minimum Gasteiger partial charge on any atom is -0.374 e. The fourth-order valence-corrected chi connectivity index (χ4v) is 3.75. The number of hydrogen-bond acceptors (Lipinski definition) is 6. The van der Waals surface area contributed by atoms with E-state index >= 15 is 0 Å². The average molecular weight is 349 g/mol. The van der Waals surface area contributed by atoms with Crippen LogP contribution in [0.15, 0.2) is 24.5 Å². The summed E-state index contributed by atoms with van der Waals surface area (Å²) in [5, 5.41) is 12.1. The highest BCUT2D eigenvalue weighted by Gasteiger charge is 2.21. The van der Waals surface area contributed by atoms with E-state index in [1.807, 2.05) is 19.1 Å². The Hall–Kier alpha value is -1.75. The summed E-state index contributed by atoms with van der Waals surface area (Å²) in [6.45, 7) is 2.16. The quantitative estimate of drug-likeness (QED) is 0.612. The topological polar surface area (TPSA) is 66.3 Å². The first-order valence-electron chi connectivity index (χ1n) is 7.09. The van der Waals surface area contributed by atoms with Gasteiger partial charge in [0.1, 0.15) is 16.2 Å². The first kappa shape index (κ1) is 17.6. The van der Waals surface area contributed by atoms with Gasteiger partial charge in [-0.25, -0.2) is 4.98 Å². The standard InChI is InChI=1S/C16H19N3O2S2/c1-4-9-19(14(20)7-10-23(3)21)16-12(2)18-15(22-16)13-6-5-8-17-11-13/h1,5-6,8,11,14,20H,7,9-10H2,2-3H3. The van der Waals surface area contributed by atoms with Crippen LogP contribution in [0.1, 0.15) is 12.1 Å². The van der Waals surface area contributed by atoms with Crippen LogP contribution in [-0.4, -0.2) is 44.1 Å². The molecule has 2 aromatic rings. The summed E-state index contributed by atoms with van der Waals surface area (Å²) in [4.78, 5) is 10.4. The second-order valence-corrected chi connectivity index (χ2v) is 7.56. The highest BCUT2D eigenvalue weighted by Crippen LogP contribution is 2.35. The van der Waals surface area contributed by atoms with E-state index in [1.54, 1.807) is 23.5 Å². The third-order valence-electron chi connectivity index (χ3n) is 3.23. The zero-order valence-corrected chi connectivity index (χ0v) is 14.7. The van der Waals surface area contributed by atoms with Crippen molar-refractivity contribution in [3.63, 3.8) is 0 Å². The fourth-order valence-electron chi connectivity index (χ4n) is 2.11. The van der Waals surface area contributed by atoms with E-state index in [4.69, 9.17) is 6.42 Å². The van der Waals surface area contributed by atoms with Crippen LogP contribution in [-0.2, 0) is 10.8 Å². The Bertz CT molecular complexity index is 710. The van der Waals surface area contributed by atoms with Gasteiger partial charge in [0.25, 0.3) is 0 Å². The van der Waals surface area contributed by atoms with Gasteiger partial charge < -0.3 is 10.0 Å². The first-order chi connectivity index (χ1) is 11.0. The molecule has 2 heterocycles. The Morgan fingerprint density at radius 2 is 2.35 bits per heavy atom. The van der Waals surface area contributed by atoms with Crippen LogP contribution in [0.4, 0.5) is 5.00 Å². The van der Waals surface area contributed by atoms with E-state index in [2.05, 4.69) is 15.9 Å². The molecule has 0 aliphatic rings. The van der Waals surface area contributed by atoms with E-state index < -0.39 is 17.0 Å². The van der Waals surface area contributed by atoms with Gasteiger partial charge in [0.2, 0.25) is 0 Å². The summed E-state index contributed by atoms with van der Waals surface area (Å²) >= 11 is 1.47. The van der Waals surface area contributed by atoms with E-state index in [0.717, 1.165) is 21.3 Å². The zero-order chi connectivity index (χ0) is 16.8. The molecule has 0 saturated heterocycles. The molecule has 23 heavy (non-hydrogen) atoms. The van der Waals surface area contributed by atoms with Crippen molar-refractivity contribution in [1.29, 1.82) is 0 Å². The zero-order valence-electron chi connectivity index (χ0n) is 13.1. The first-order valence-corrected chi connectivity index (χ1v) is 9.63. The third-order valence-corrected chi connectivity index (χ3v) is 5.28. The molecular weight excluding hydrogens is 330 g/mol. The monoisotopic (exact) mass is 349 g/mol. The van der Waals surface area contributed by atoms with Gasteiger partial charge in [-0.15, -0.1) is 6.42 Å². The molecule has 1 N–H and O–H groups in total. The molecule has 0 bridgehead atoms. The predicted octanol–water partition coefficient (Wildman–Crippen LogP) is 2.04. The van der Waals surface area contributed by atoms with E-state index in [0.29, 0.717) is 12.2 Å². The molecular formula is C16H19N3O2S2. The van der Waals surface area contributed by atoms with Gasteiger partial charge in [0.15, 0.2) is 0 Å². The molecule has 122 valence electrons. The van der Waals surface area contributed by atoms with Crippen LogP contribution in [0.25, 0.3) is 10.6 Å².